The minimum Gasteiger partial charge on any atom is -0.344 e. The smallest absolute Gasteiger partial charge is 0.200 e. The zero-order chi connectivity index (χ0) is 21.3. The van der Waals surface area contributed by atoms with Crippen molar-refractivity contribution < 1.29 is 13.3 Å². The van der Waals surface area contributed by atoms with Crippen LogP contribution in [0.2, 0.25) is 5.02 Å². The van der Waals surface area contributed by atoms with Crippen molar-refractivity contribution in [1.29, 1.82) is 5.26 Å². The summed E-state index contributed by atoms with van der Waals surface area (Å²) in [6.07, 6.45) is 0. The zero-order valence-electron chi connectivity index (χ0n) is 16.4. The third kappa shape index (κ3) is 3.84. The zero-order valence-corrected chi connectivity index (χ0v) is 18.0. The normalized spacial score (nSPS) is 16.4. The van der Waals surface area contributed by atoms with Gasteiger partial charge in [0.05, 0.1) is 55.2 Å². The van der Waals surface area contributed by atoms with Crippen molar-refractivity contribution in [1.82, 2.24) is 9.97 Å². The molecule has 0 amide bonds. The second-order valence-corrected chi connectivity index (χ2v) is 9.84. The molecule has 2 heterocycles. The van der Waals surface area contributed by atoms with E-state index in [1.807, 2.05) is 29.2 Å². The van der Waals surface area contributed by atoms with Gasteiger partial charge in [-0.05, 0) is 36.4 Å². The molecular weight excluding hydrogens is 422 g/mol. The van der Waals surface area contributed by atoms with Crippen LogP contribution in [0.1, 0.15) is 10.9 Å². The van der Waals surface area contributed by atoms with E-state index in [-0.39, 0.29) is 10.6 Å². The molecule has 4 rings (SSSR count). The molecule has 0 spiro atoms. The van der Waals surface area contributed by atoms with Crippen LogP contribution in [0.3, 0.4) is 0 Å². The molecule has 0 radical (unpaired) electrons. The lowest BCUT2D eigenvalue weighted by atomic mass is 10.2. The van der Waals surface area contributed by atoms with Crippen LogP contribution in [0.15, 0.2) is 53.4 Å². The molecule has 1 aromatic heterocycles. The number of halogens is 1. The summed E-state index contributed by atoms with van der Waals surface area (Å²) in [5.41, 5.74) is 1.40. The van der Waals surface area contributed by atoms with Gasteiger partial charge in [0.25, 0.3) is 0 Å². The largest absolute Gasteiger partial charge is 0.344 e. The lowest BCUT2D eigenvalue weighted by molar-refractivity contribution is -0.880. The average molecular weight is 443 g/mol. The van der Waals surface area contributed by atoms with Crippen molar-refractivity contribution in [3.63, 3.8) is 0 Å². The van der Waals surface area contributed by atoms with E-state index in [9.17, 15) is 13.7 Å². The number of anilines is 1. The summed E-state index contributed by atoms with van der Waals surface area (Å²) >= 11 is 5.91. The quantitative estimate of drug-likeness (QED) is 0.660. The lowest BCUT2D eigenvalue weighted by Gasteiger charge is -2.32. The molecule has 154 valence electrons. The molecule has 1 aliphatic heterocycles. The first-order valence-electron chi connectivity index (χ1n) is 9.62. The first kappa shape index (κ1) is 20.5. The Hall–Kier alpha value is -2.73. The summed E-state index contributed by atoms with van der Waals surface area (Å²) in [6, 6.07) is 15.1. The van der Waals surface area contributed by atoms with Gasteiger partial charge in [-0.1, -0.05) is 23.7 Å². The molecule has 1 N–H and O–H groups in total. The summed E-state index contributed by atoms with van der Waals surface area (Å²) in [4.78, 5) is 12.8. The van der Waals surface area contributed by atoms with Crippen LogP contribution in [0.5, 0.6) is 0 Å². The molecule has 3 aromatic rings. The van der Waals surface area contributed by atoms with E-state index in [1.54, 1.807) is 6.07 Å². The summed E-state index contributed by atoms with van der Waals surface area (Å²) in [6.45, 7) is 3.22. The standard InChI is InChI=1S/C21H20ClN5O2S/c1-26-10-12-27(13-11-26)21-20(24-17-4-2-3-5-18(17)25-21)19(14-23)30(28,29)16-8-6-15(22)7-9-16/h2-9,19H,10-13H2,1H3/p+1/t19-/m1/s1. The van der Waals surface area contributed by atoms with Crippen molar-refractivity contribution in [2.45, 2.75) is 10.1 Å². The second-order valence-electron chi connectivity index (χ2n) is 7.37. The molecule has 7 nitrogen and oxygen atoms in total. The van der Waals surface area contributed by atoms with Crippen LogP contribution in [0.25, 0.3) is 11.0 Å². The van der Waals surface area contributed by atoms with Crippen LogP contribution in [0.4, 0.5) is 5.82 Å². The number of nitrogens with one attached hydrogen (secondary N) is 1. The first-order chi connectivity index (χ1) is 14.4. The van der Waals surface area contributed by atoms with Gasteiger partial charge in [0, 0.05) is 5.02 Å². The third-order valence-corrected chi connectivity index (χ3v) is 7.44. The summed E-state index contributed by atoms with van der Waals surface area (Å²) in [5, 5.41) is 8.87. The topological polar surface area (TPSA) is 91.4 Å². The maximum absolute atomic E-state index is 13.3. The van der Waals surface area contributed by atoms with Gasteiger partial charge in [-0.3, -0.25) is 0 Å². The molecule has 9 heteroatoms. The number of benzene rings is 2. The van der Waals surface area contributed by atoms with Gasteiger partial charge in [-0.15, -0.1) is 0 Å². The van der Waals surface area contributed by atoms with Crippen molar-refractivity contribution in [3.05, 3.63) is 59.2 Å². The van der Waals surface area contributed by atoms with Gasteiger partial charge >= 0.3 is 0 Å². The van der Waals surface area contributed by atoms with E-state index in [2.05, 4.69) is 12.0 Å². The Morgan fingerprint density at radius 2 is 1.67 bits per heavy atom. The lowest BCUT2D eigenvalue weighted by Crippen LogP contribution is -3.12. The van der Waals surface area contributed by atoms with Gasteiger partial charge in [0.15, 0.2) is 11.1 Å². The maximum Gasteiger partial charge on any atom is 0.200 e. The fraction of sp³-hybridized carbons (Fsp3) is 0.286. The highest BCUT2D eigenvalue weighted by Crippen LogP contribution is 2.34. The predicted molar refractivity (Wildman–Crippen MR) is 115 cm³/mol. The number of para-hydroxylation sites is 2. The highest BCUT2D eigenvalue weighted by molar-refractivity contribution is 7.92. The molecule has 1 atom stereocenters. The fourth-order valence-corrected chi connectivity index (χ4v) is 5.06. The molecule has 1 aliphatic rings. The molecule has 0 bridgehead atoms. The van der Waals surface area contributed by atoms with Crippen LogP contribution >= 0.6 is 11.6 Å². The predicted octanol–water partition coefficient (Wildman–Crippen LogP) is 1.66. The molecule has 1 saturated heterocycles. The molecule has 0 saturated carbocycles. The molecular formula is C21H21ClN5O2S+. The average Bonchev–Trinajstić information content (AvgIpc) is 2.74. The SMILES string of the molecule is C[NH+]1CCN(c2nc3ccccc3nc2[C@@H](C#N)S(=O)(=O)c2ccc(Cl)cc2)CC1. The number of likely N-dealkylation sites (N-methyl/N-ethyl adjacent to an activating group) is 1. The first-order valence-corrected chi connectivity index (χ1v) is 11.5. The summed E-state index contributed by atoms with van der Waals surface area (Å²) in [5.74, 6) is 0.463. The Kier molecular flexibility index (Phi) is 5.60. The minimum atomic E-state index is -4.02. The number of hydrogen-bond donors (Lipinski definition) is 1. The summed E-state index contributed by atoms with van der Waals surface area (Å²) in [7, 11) is -1.90. The van der Waals surface area contributed by atoms with Gasteiger partial charge in [0.2, 0.25) is 9.84 Å². The molecule has 0 unspecified atom stereocenters. The van der Waals surface area contributed by atoms with Gasteiger partial charge in [-0.25, -0.2) is 18.4 Å². The van der Waals surface area contributed by atoms with Crippen LogP contribution < -0.4 is 9.80 Å². The Morgan fingerprint density at radius 3 is 2.27 bits per heavy atom. The van der Waals surface area contributed by atoms with E-state index in [4.69, 9.17) is 16.6 Å². The molecule has 2 aromatic carbocycles. The number of fused-ring (bicyclic) bond motifs is 1. The van der Waals surface area contributed by atoms with E-state index in [0.29, 0.717) is 35.0 Å². The molecule has 30 heavy (non-hydrogen) atoms. The van der Waals surface area contributed by atoms with Gasteiger partial charge in [-0.2, -0.15) is 5.26 Å². The van der Waals surface area contributed by atoms with Gasteiger partial charge < -0.3 is 9.80 Å². The van der Waals surface area contributed by atoms with Crippen LogP contribution in [-0.2, 0) is 9.84 Å². The Labute approximate surface area is 180 Å². The van der Waals surface area contributed by atoms with Crippen LogP contribution in [-0.4, -0.2) is 51.6 Å². The maximum atomic E-state index is 13.3. The van der Waals surface area contributed by atoms with E-state index in [0.717, 1.165) is 13.1 Å². The third-order valence-electron chi connectivity index (χ3n) is 5.31. The minimum absolute atomic E-state index is 0.0298. The number of rotatable bonds is 4. The Bertz CT molecular complexity index is 1220. The fourth-order valence-electron chi connectivity index (χ4n) is 3.55. The Morgan fingerprint density at radius 1 is 1.07 bits per heavy atom. The van der Waals surface area contributed by atoms with E-state index >= 15 is 0 Å². The molecule has 0 aliphatic carbocycles. The monoisotopic (exact) mass is 442 g/mol. The molecule has 1 fully saturated rings. The van der Waals surface area contributed by atoms with Crippen molar-refractivity contribution in [2.75, 3.05) is 38.1 Å². The van der Waals surface area contributed by atoms with Crippen LogP contribution in [0, 0.1) is 11.3 Å². The number of aromatic nitrogens is 2. The van der Waals surface area contributed by atoms with Crippen molar-refractivity contribution in [3.8, 4) is 6.07 Å². The Balaban J connectivity index is 1.87. The number of nitriles is 1. The number of hydrogen-bond acceptors (Lipinski definition) is 6. The highest BCUT2D eigenvalue weighted by atomic mass is 35.5. The van der Waals surface area contributed by atoms with Crippen molar-refractivity contribution >= 4 is 38.3 Å². The summed E-state index contributed by atoms with van der Waals surface area (Å²) < 4.78 is 26.7. The number of sulfone groups is 1. The van der Waals surface area contributed by atoms with Gasteiger partial charge in [0.1, 0.15) is 5.69 Å². The van der Waals surface area contributed by atoms with E-state index in [1.165, 1.54) is 29.2 Å². The van der Waals surface area contributed by atoms with E-state index < -0.39 is 15.1 Å². The number of quaternary nitrogens is 1. The highest BCUT2D eigenvalue weighted by Gasteiger charge is 2.35. The second kappa shape index (κ2) is 8.19. The number of piperazine rings is 1. The number of nitrogens with zero attached hydrogens (tertiary/aromatic N) is 4. The van der Waals surface area contributed by atoms with Crippen molar-refractivity contribution in [2.24, 2.45) is 0 Å².